The second-order valence-corrected chi connectivity index (χ2v) is 9.59. The Morgan fingerprint density at radius 1 is 1.19 bits per heavy atom. The Bertz CT molecular complexity index is 1090. The molecule has 0 aliphatic rings. The van der Waals surface area contributed by atoms with E-state index in [1.165, 1.54) is 17.4 Å². The lowest BCUT2D eigenvalue weighted by Gasteiger charge is -2.04. The molecule has 3 aromatic rings. The fourth-order valence-corrected chi connectivity index (χ4v) is 4.49. The van der Waals surface area contributed by atoms with Crippen molar-refractivity contribution >= 4 is 65.6 Å². The highest BCUT2D eigenvalue weighted by Gasteiger charge is 2.12. The van der Waals surface area contributed by atoms with E-state index in [9.17, 15) is 13.2 Å². The van der Waals surface area contributed by atoms with Crippen LogP contribution in [0.5, 0.6) is 0 Å². The summed E-state index contributed by atoms with van der Waals surface area (Å²) in [5.74, 6) is -0.196. The topological polar surface area (TPSA) is 76.1 Å². The van der Waals surface area contributed by atoms with Crippen molar-refractivity contribution in [2.45, 2.75) is 17.7 Å². The van der Waals surface area contributed by atoms with Crippen molar-refractivity contribution in [3.63, 3.8) is 0 Å². The van der Waals surface area contributed by atoms with Crippen molar-refractivity contribution < 1.29 is 13.2 Å². The number of nitrogens with zero attached hydrogens (tertiary/aromatic N) is 1. The highest BCUT2D eigenvalue weighted by atomic mass is 35.5. The van der Waals surface area contributed by atoms with Crippen molar-refractivity contribution in [2.24, 2.45) is 0 Å². The molecule has 0 bridgehead atoms. The molecule has 0 aliphatic carbocycles. The van der Waals surface area contributed by atoms with E-state index in [4.69, 9.17) is 23.2 Å². The van der Waals surface area contributed by atoms with Gasteiger partial charge in [0.2, 0.25) is 5.91 Å². The molecule has 1 aromatic heterocycles. The van der Waals surface area contributed by atoms with Gasteiger partial charge in [-0.1, -0.05) is 40.6 Å². The number of halogens is 2. The summed E-state index contributed by atoms with van der Waals surface area (Å²) in [6.07, 6.45) is 1.87. The molecule has 136 valence electrons. The Morgan fingerprint density at radius 2 is 1.96 bits per heavy atom. The fraction of sp³-hybridized carbons (Fsp3) is 0.176. The standard InChI is InChI=1S/C17H14Cl2N2O3S2/c1-26(23,24)12-5-6-14-15(9-12)25-17(20-14)21-16(22)7-3-10-2-4-11(18)8-13(10)19/h2,4-6,8-9H,3,7H2,1H3,(H,20,21,22). The van der Waals surface area contributed by atoms with E-state index in [1.807, 2.05) is 0 Å². The van der Waals surface area contributed by atoms with Crippen molar-refractivity contribution in [3.05, 3.63) is 52.0 Å². The molecule has 26 heavy (non-hydrogen) atoms. The third kappa shape index (κ3) is 4.54. The number of aryl methyl sites for hydroxylation is 1. The average molecular weight is 429 g/mol. The number of nitrogens with one attached hydrogen (secondary N) is 1. The molecule has 0 radical (unpaired) electrons. The van der Waals surface area contributed by atoms with Crippen LogP contribution in [0, 0.1) is 0 Å². The van der Waals surface area contributed by atoms with Gasteiger partial charge in [-0.25, -0.2) is 13.4 Å². The first-order valence-corrected chi connectivity index (χ1v) is 11.0. The second kappa shape index (κ2) is 7.52. The summed E-state index contributed by atoms with van der Waals surface area (Å²) in [5, 5.41) is 4.24. The van der Waals surface area contributed by atoms with Crippen LogP contribution in [-0.4, -0.2) is 25.6 Å². The Labute approximate surface area is 164 Å². The highest BCUT2D eigenvalue weighted by molar-refractivity contribution is 7.90. The van der Waals surface area contributed by atoms with Crippen LogP contribution in [-0.2, 0) is 21.1 Å². The maximum Gasteiger partial charge on any atom is 0.226 e. The van der Waals surface area contributed by atoms with Gasteiger partial charge in [-0.2, -0.15) is 0 Å². The molecule has 0 saturated carbocycles. The Kier molecular flexibility index (Phi) is 5.53. The van der Waals surface area contributed by atoms with Crippen LogP contribution in [0.4, 0.5) is 5.13 Å². The highest BCUT2D eigenvalue weighted by Crippen LogP contribution is 2.28. The van der Waals surface area contributed by atoms with Gasteiger partial charge < -0.3 is 5.32 Å². The molecule has 0 aliphatic heterocycles. The van der Waals surface area contributed by atoms with Gasteiger partial charge >= 0.3 is 0 Å². The Morgan fingerprint density at radius 3 is 2.65 bits per heavy atom. The van der Waals surface area contributed by atoms with E-state index in [2.05, 4.69) is 10.3 Å². The molecule has 1 N–H and O–H groups in total. The van der Waals surface area contributed by atoms with Gasteiger partial charge in [0.05, 0.1) is 15.1 Å². The first-order chi connectivity index (χ1) is 12.2. The lowest BCUT2D eigenvalue weighted by Crippen LogP contribution is -2.12. The van der Waals surface area contributed by atoms with Crippen LogP contribution < -0.4 is 5.32 Å². The summed E-state index contributed by atoms with van der Waals surface area (Å²) in [6, 6.07) is 9.86. The summed E-state index contributed by atoms with van der Waals surface area (Å²) in [7, 11) is -3.28. The molecule has 1 amide bonds. The summed E-state index contributed by atoms with van der Waals surface area (Å²) < 4.78 is 23.9. The number of amides is 1. The van der Waals surface area contributed by atoms with E-state index in [1.54, 1.807) is 30.3 Å². The quantitative estimate of drug-likeness (QED) is 0.644. The minimum absolute atomic E-state index is 0.196. The summed E-state index contributed by atoms with van der Waals surface area (Å²) in [5.41, 5.74) is 1.48. The van der Waals surface area contributed by atoms with Gasteiger partial charge in [0, 0.05) is 22.7 Å². The fourth-order valence-electron chi connectivity index (χ4n) is 2.34. The Hall–Kier alpha value is -1.67. The molecule has 0 saturated heterocycles. The van der Waals surface area contributed by atoms with Gasteiger partial charge in [-0.05, 0) is 42.3 Å². The largest absolute Gasteiger partial charge is 0.302 e. The third-order valence-corrected chi connectivity index (χ3v) is 6.30. The minimum atomic E-state index is -3.28. The SMILES string of the molecule is CS(=O)(=O)c1ccc2nc(NC(=O)CCc3ccc(Cl)cc3Cl)sc2c1. The minimum Gasteiger partial charge on any atom is -0.302 e. The molecule has 0 fully saturated rings. The van der Waals surface area contributed by atoms with Gasteiger partial charge in [-0.15, -0.1) is 0 Å². The number of thiazole rings is 1. The normalized spacial score (nSPS) is 11.7. The number of carbonyl (C=O) groups is 1. The molecule has 1 heterocycles. The molecular formula is C17H14Cl2N2O3S2. The summed E-state index contributed by atoms with van der Waals surface area (Å²) >= 11 is 13.2. The van der Waals surface area contributed by atoms with E-state index < -0.39 is 9.84 Å². The van der Waals surface area contributed by atoms with Crippen molar-refractivity contribution in [1.29, 1.82) is 0 Å². The first-order valence-electron chi connectivity index (χ1n) is 7.57. The first kappa shape index (κ1) is 19.1. The monoisotopic (exact) mass is 428 g/mol. The van der Waals surface area contributed by atoms with Crippen LogP contribution >= 0.6 is 34.5 Å². The average Bonchev–Trinajstić information content (AvgIpc) is 2.94. The van der Waals surface area contributed by atoms with Gasteiger partial charge in [-0.3, -0.25) is 4.79 Å². The third-order valence-electron chi connectivity index (χ3n) is 3.67. The predicted octanol–water partition coefficient (Wildman–Crippen LogP) is 4.58. The zero-order chi connectivity index (χ0) is 18.9. The number of hydrogen-bond donors (Lipinski definition) is 1. The van der Waals surface area contributed by atoms with Crippen LogP contribution in [0.3, 0.4) is 0 Å². The van der Waals surface area contributed by atoms with Gasteiger partial charge in [0.1, 0.15) is 0 Å². The second-order valence-electron chi connectivity index (χ2n) is 5.70. The summed E-state index contributed by atoms with van der Waals surface area (Å²) in [6.45, 7) is 0. The molecule has 0 atom stereocenters. The van der Waals surface area contributed by atoms with E-state index in [-0.39, 0.29) is 17.2 Å². The van der Waals surface area contributed by atoms with Gasteiger partial charge in [0.25, 0.3) is 0 Å². The van der Waals surface area contributed by atoms with Crippen LogP contribution in [0.15, 0.2) is 41.3 Å². The molecule has 9 heteroatoms. The zero-order valence-corrected chi connectivity index (χ0v) is 16.8. The summed E-state index contributed by atoms with van der Waals surface area (Å²) in [4.78, 5) is 16.7. The zero-order valence-electron chi connectivity index (χ0n) is 13.6. The number of fused-ring (bicyclic) bond motifs is 1. The number of carbonyl (C=O) groups excluding carboxylic acids is 1. The predicted molar refractivity (Wildman–Crippen MR) is 106 cm³/mol. The molecule has 2 aromatic carbocycles. The van der Waals surface area contributed by atoms with Crippen molar-refractivity contribution in [2.75, 3.05) is 11.6 Å². The lowest BCUT2D eigenvalue weighted by molar-refractivity contribution is -0.116. The molecular weight excluding hydrogens is 415 g/mol. The van der Waals surface area contributed by atoms with E-state index in [0.29, 0.717) is 31.8 Å². The molecule has 0 spiro atoms. The lowest BCUT2D eigenvalue weighted by atomic mass is 10.1. The van der Waals surface area contributed by atoms with Crippen molar-refractivity contribution in [3.8, 4) is 0 Å². The van der Waals surface area contributed by atoms with Gasteiger partial charge in [0.15, 0.2) is 15.0 Å². The van der Waals surface area contributed by atoms with Crippen molar-refractivity contribution in [1.82, 2.24) is 4.98 Å². The van der Waals surface area contributed by atoms with Crippen LogP contribution in [0.1, 0.15) is 12.0 Å². The Balaban J connectivity index is 1.69. The van der Waals surface area contributed by atoms with E-state index >= 15 is 0 Å². The smallest absolute Gasteiger partial charge is 0.226 e. The number of benzene rings is 2. The number of sulfone groups is 1. The maximum absolute atomic E-state index is 12.2. The number of rotatable bonds is 5. The molecule has 5 nitrogen and oxygen atoms in total. The number of anilines is 1. The maximum atomic E-state index is 12.2. The number of hydrogen-bond acceptors (Lipinski definition) is 5. The molecule has 3 rings (SSSR count). The number of aromatic nitrogens is 1. The van der Waals surface area contributed by atoms with Crippen LogP contribution in [0.2, 0.25) is 10.0 Å². The molecule has 0 unspecified atom stereocenters. The van der Waals surface area contributed by atoms with Crippen LogP contribution in [0.25, 0.3) is 10.2 Å². The van der Waals surface area contributed by atoms with E-state index in [0.717, 1.165) is 11.8 Å².